The van der Waals surface area contributed by atoms with Crippen molar-refractivity contribution >= 4 is 18.8 Å². The monoisotopic (exact) mass is 402 g/mol. The van der Waals surface area contributed by atoms with Crippen molar-refractivity contribution in [3.63, 3.8) is 0 Å². The van der Waals surface area contributed by atoms with Crippen molar-refractivity contribution in [2.45, 2.75) is 84.5 Å². The van der Waals surface area contributed by atoms with E-state index in [0.717, 1.165) is 12.0 Å². The molecule has 2 fully saturated rings. The van der Waals surface area contributed by atoms with Gasteiger partial charge in [0.05, 0.1) is 16.8 Å². The van der Waals surface area contributed by atoms with Crippen LogP contribution in [0.2, 0.25) is 0 Å². The molecule has 1 amide bonds. The maximum Gasteiger partial charge on any atom is 0.514 e. The molecule has 1 aromatic heterocycles. The van der Waals surface area contributed by atoms with Crippen molar-refractivity contribution in [2.24, 2.45) is 5.92 Å². The number of carbonyl (C=O) groups is 1. The minimum absolute atomic E-state index is 0.226. The highest BCUT2D eigenvalue weighted by Gasteiger charge is 2.52. The Bertz CT molecular complexity index is 743. The van der Waals surface area contributed by atoms with E-state index in [2.05, 4.69) is 24.0 Å². The van der Waals surface area contributed by atoms with Crippen LogP contribution in [0.5, 0.6) is 0 Å². The van der Waals surface area contributed by atoms with E-state index in [1.807, 2.05) is 59.6 Å². The van der Waals surface area contributed by atoms with Crippen molar-refractivity contribution in [3.05, 3.63) is 23.9 Å². The number of hydrogen-bond donors (Lipinski definition) is 0. The van der Waals surface area contributed by atoms with Crippen LogP contribution in [-0.4, -0.2) is 53.0 Å². The molecule has 2 atom stereocenters. The predicted molar refractivity (Wildman–Crippen MR) is 114 cm³/mol. The van der Waals surface area contributed by atoms with Crippen molar-refractivity contribution < 1.29 is 18.8 Å². The van der Waals surface area contributed by atoms with E-state index in [9.17, 15) is 4.79 Å². The van der Waals surface area contributed by atoms with Crippen molar-refractivity contribution in [3.8, 4) is 0 Å². The Morgan fingerprint density at radius 3 is 2.41 bits per heavy atom. The highest BCUT2D eigenvalue weighted by Crippen LogP contribution is 2.37. The van der Waals surface area contributed by atoms with E-state index in [0.29, 0.717) is 24.9 Å². The molecule has 0 bridgehead atoms. The number of piperidine rings is 1. The molecule has 160 valence electrons. The Balaban J connectivity index is 1.70. The lowest BCUT2D eigenvalue weighted by atomic mass is 9.78. The van der Waals surface area contributed by atoms with E-state index >= 15 is 0 Å². The fourth-order valence-corrected chi connectivity index (χ4v) is 3.92. The highest BCUT2D eigenvalue weighted by molar-refractivity contribution is 6.61. The van der Waals surface area contributed by atoms with Crippen LogP contribution in [0, 0.1) is 5.92 Å². The molecule has 1 aromatic rings. The molecular formula is C22H35BN2O4. The topological polar surface area (TPSA) is 60.9 Å². The smallest absolute Gasteiger partial charge is 0.444 e. The van der Waals surface area contributed by atoms with E-state index in [-0.39, 0.29) is 17.3 Å². The van der Waals surface area contributed by atoms with Gasteiger partial charge in [0.15, 0.2) is 0 Å². The van der Waals surface area contributed by atoms with Gasteiger partial charge < -0.3 is 18.9 Å². The van der Waals surface area contributed by atoms with Crippen LogP contribution in [0.3, 0.4) is 0 Å². The van der Waals surface area contributed by atoms with Crippen LogP contribution >= 0.6 is 0 Å². The summed E-state index contributed by atoms with van der Waals surface area (Å²) in [6.45, 7) is 17.5. The molecular weight excluding hydrogens is 367 g/mol. The number of nitrogens with zero attached hydrogens (tertiary/aromatic N) is 2. The molecule has 0 radical (unpaired) electrons. The van der Waals surface area contributed by atoms with Crippen molar-refractivity contribution in [1.29, 1.82) is 0 Å². The van der Waals surface area contributed by atoms with Crippen molar-refractivity contribution in [1.82, 2.24) is 9.88 Å². The zero-order valence-corrected chi connectivity index (χ0v) is 19.1. The summed E-state index contributed by atoms with van der Waals surface area (Å²) in [7, 11) is -0.461. The molecule has 0 spiro atoms. The summed E-state index contributed by atoms with van der Waals surface area (Å²) in [6.07, 6.45) is 2.51. The van der Waals surface area contributed by atoms with Gasteiger partial charge in [-0.15, -0.1) is 0 Å². The second kappa shape index (κ2) is 7.58. The second-order valence-corrected chi connectivity index (χ2v) is 10.4. The Kier molecular flexibility index (Phi) is 5.78. The van der Waals surface area contributed by atoms with Gasteiger partial charge in [0.1, 0.15) is 5.60 Å². The first kappa shape index (κ1) is 22.1. The molecule has 0 aliphatic carbocycles. The Hall–Kier alpha value is -1.60. The molecule has 2 saturated heterocycles. The summed E-state index contributed by atoms with van der Waals surface area (Å²) in [5, 5.41) is 0. The lowest BCUT2D eigenvalue weighted by Crippen LogP contribution is -2.44. The molecule has 3 rings (SSSR count). The van der Waals surface area contributed by atoms with Crippen LogP contribution in [0.25, 0.3) is 0 Å². The van der Waals surface area contributed by atoms with Crippen LogP contribution in [0.1, 0.15) is 73.3 Å². The quantitative estimate of drug-likeness (QED) is 0.706. The third-order valence-electron chi connectivity index (χ3n) is 6.29. The number of ether oxygens (including phenoxy) is 1. The van der Waals surface area contributed by atoms with Gasteiger partial charge in [0.2, 0.25) is 0 Å². The van der Waals surface area contributed by atoms with Crippen LogP contribution in [0.15, 0.2) is 18.3 Å². The number of aromatic nitrogens is 1. The van der Waals surface area contributed by atoms with Crippen LogP contribution < -0.4 is 5.59 Å². The predicted octanol–water partition coefficient (Wildman–Crippen LogP) is 3.74. The molecule has 29 heavy (non-hydrogen) atoms. The third-order valence-corrected chi connectivity index (χ3v) is 6.29. The van der Waals surface area contributed by atoms with Crippen LogP contribution in [0.4, 0.5) is 4.79 Å². The summed E-state index contributed by atoms with van der Waals surface area (Å²) in [5.41, 5.74) is 0.784. The summed E-state index contributed by atoms with van der Waals surface area (Å²) < 4.78 is 17.9. The fourth-order valence-electron chi connectivity index (χ4n) is 3.92. The maximum absolute atomic E-state index is 12.4. The van der Waals surface area contributed by atoms with Gasteiger partial charge >= 0.3 is 13.2 Å². The van der Waals surface area contributed by atoms with Gasteiger partial charge in [-0.2, -0.15) is 0 Å². The minimum atomic E-state index is -0.472. The minimum Gasteiger partial charge on any atom is -0.444 e. The number of pyridine rings is 1. The zero-order valence-electron chi connectivity index (χ0n) is 19.1. The normalized spacial score (nSPS) is 26.5. The molecule has 0 saturated carbocycles. The SMILES string of the molecule is CC1CN(C(=O)OC(C)(C)C)CCC1c1ccnc(B2OC(C)(C)C(C)(C)O2)c1. The first-order valence-electron chi connectivity index (χ1n) is 10.6. The molecule has 6 nitrogen and oxygen atoms in total. The number of amides is 1. The summed E-state index contributed by atoms with van der Waals surface area (Å²) in [4.78, 5) is 18.8. The third kappa shape index (κ3) is 4.77. The average Bonchev–Trinajstić information content (AvgIpc) is 2.81. The van der Waals surface area contributed by atoms with Gasteiger partial charge in [-0.25, -0.2) is 4.79 Å². The zero-order chi connectivity index (χ0) is 21.6. The van der Waals surface area contributed by atoms with Gasteiger partial charge in [0, 0.05) is 19.3 Å². The summed E-state index contributed by atoms with van der Waals surface area (Å²) >= 11 is 0. The molecule has 2 aliphatic rings. The first-order valence-corrected chi connectivity index (χ1v) is 10.6. The molecule has 2 unspecified atom stereocenters. The second-order valence-electron chi connectivity index (χ2n) is 10.4. The maximum atomic E-state index is 12.4. The summed E-state index contributed by atoms with van der Waals surface area (Å²) in [5.74, 6) is 0.683. The van der Waals surface area contributed by atoms with Gasteiger partial charge in [-0.1, -0.05) is 6.92 Å². The molecule has 3 heterocycles. The number of carbonyl (C=O) groups excluding carboxylic acids is 1. The first-order chi connectivity index (χ1) is 13.3. The Morgan fingerprint density at radius 1 is 1.24 bits per heavy atom. The number of likely N-dealkylation sites (tertiary alicyclic amines) is 1. The summed E-state index contributed by atoms with van der Waals surface area (Å²) in [6, 6.07) is 4.17. The largest absolute Gasteiger partial charge is 0.514 e. The van der Waals surface area contributed by atoms with E-state index in [1.54, 1.807) is 0 Å². The Labute approximate surface area is 175 Å². The van der Waals surface area contributed by atoms with Crippen molar-refractivity contribution in [2.75, 3.05) is 13.1 Å². The molecule has 0 N–H and O–H groups in total. The standard InChI is InChI=1S/C22H35BN2O4/c1-15-14-25(19(26)27-20(2,3)4)12-10-17(15)16-9-11-24-18(13-16)23-28-21(5,6)22(7,8)29-23/h9,11,13,15,17H,10,12,14H2,1-8H3. The number of hydrogen-bond acceptors (Lipinski definition) is 5. The Morgan fingerprint density at radius 2 is 1.86 bits per heavy atom. The molecule has 2 aliphatic heterocycles. The fraction of sp³-hybridized carbons (Fsp3) is 0.727. The van der Waals surface area contributed by atoms with Gasteiger partial charge in [-0.05, 0) is 84.4 Å². The lowest BCUT2D eigenvalue weighted by Gasteiger charge is -2.37. The van der Waals surface area contributed by atoms with E-state index in [4.69, 9.17) is 14.0 Å². The average molecular weight is 402 g/mol. The molecule has 0 aromatic carbocycles. The molecule has 7 heteroatoms. The van der Waals surface area contributed by atoms with Gasteiger partial charge in [-0.3, -0.25) is 4.98 Å². The lowest BCUT2D eigenvalue weighted by molar-refractivity contribution is 0.00578. The highest BCUT2D eigenvalue weighted by atomic mass is 16.7. The van der Waals surface area contributed by atoms with E-state index < -0.39 is 12.7 Å². The van der Waals surface area contributed by atoms with Crippen LogP contribution in [-0.2, 0) is 14.0 Å². The number of rotatable bonds is 2. The van der Waals surface area contributed by atoms with Gasteiger partial charge in [0.25, 0.3) is 0 Å². The van der Waals surface area contributed by atoms with E-state index in [1.165, 1.54) is 5.56 Å².